The van der Waals surface area contributed by atoms with Crippen molar-refractivity contribution in [3.8, 4) is 0 Å². The first-order chi connectivity index (χ1) is 7.77. The molecule has 4 nitrogen and oxygen atoms in total. The van der Waals surface area contributed by atoms with Crippen molar-refractivity contribution in [2.24, 2.45) is 0 Å². The Morgan fingerprint density at radius 1 is 1.35 bits per heavy atom. The van der Waals surface area contributed by atoms with E-state index in [-0.39, 0.29) is 11.5 Å². The second-order valence-corrected chi connectivity index (χ2v) is 6.61. The third kappa shape index (κ3) is 3.51. The molecule has 0 aliphatic heterocycles. The smallest absolute Gasteiger partial charge is 0.241 e. The maximum Gasteiger partial charge on any atom is 0.241 e. The number of hydrogen-bond donors (Lipinski definition) is 2. The summed E-state index contributed by atoms with van der Waals surface area (Å²) in [7, 11) is -3.57. The van der Waals surface area contributed by atoms with Gasteiger partial charge in [0.15, 0.2) is 0 Å². The van der Waals surface area contributed by atoms with E-state index in [9.17, 15) is 8.42 Å². The number of aliphatic hydroxyl groups excluding tert-OH is 1. The zero-order chi connectivity index (χ0) is 13.2. The van der Waals surface area contributed by atoms with Crippen molar-refractivity contribution >= 4 is 26.0 Å². The zero-order valence-corrected chi connectivity index (χ0v) is 12.4. The highest BCUT2D eigenvalue weighted by atomic mass is 79.9. The van der Waals surface area contributed by atoms with Crippen molar-refractivity contribution in [3.63, 3.8) is 0 Å². The van der Waals surface area contributed by atoms with E-state index in [1.54, 1.807) is 26.0 Å². The Balaban J connectivity index is 3.20. The molecular formula is C11H16BrNO3S. The van der Waals surface area contributed by atoms with E-state index in [1.165, 1.54) is 0 Å². The predicted octanol–water partition coefficient (Wildman–Crippen LogP) is 1.73. The third-order valence-electron chi connectivity index (χ3n) is 2.38. The lowest BCUT2D eigenvalue weighted by Crippen LogP contribution is -2.35. The number of hydrogen-bond acceptors (Lipinski definition) is 3. The number of nitrogens with one attached hydrogen (secondary N) is 1. The van der Waals surface area contributed by atoms with Gasteiger partial charge in [0.25, 0.3) is 0 Å². The number of benzene rings is 1. The van der Waals surface area contributed by atoms with Crippen LogP contribution < -0.4 is 4.72 Å². The molecule has 0 spiro atoms. The summed E-state index contributed by atoms with van der Waals surface area (Å²) in [4.78, 5) is 0.249. The summed E-state index contributed by atoms with van der Waals surface area (Å²) in [6.45, 7) is 4.95. The summed E-state index contributed by atoms with van der Waals surface area (Å²) in [5.74, 6) is 0. The van der Waals surface area contributed by atoms with Gasteiger partial charge in [0, 0.05) is 10.5 Å². The van der Waals surface area contributed by atoms with Gasteiger partial charge in [-0.3, -0.25) is 0 Å². The average molecular weight is 322 g/mol. The second-order valence-electron chi connectivity index (χ2n) is 4.07. The van der Waals surface area contributed by atoms with Crippen LogP contribution in [0.2, 0.25) is 0 Å². The molecule has 0 fully saturated rings. The minimum atomic E-state index is -3.57. The number of aliphatic hydroxyl groups is 1. The molecule has 2 N–H and O–H groups in total. The van der Waals surface area contributed by atoms with Gasteiger partial charge in [-0.15, -0.1) is 0 Å². The minimum Gasteiger partial charge on any atom is -0.395 e. The van der Waals surface area contributed by atoms with Crippen LogP contribution in [0, 0.1) is 13.8 Å². The lowest BCUT2D eigenvalue weighted by Gasteiger charge is -2.14. The molecule has 0 amide bonds. The highest BCUT2D eigenvalue weighted by Crippen LogP contribution is 2.24. The van der Waals surface area contributed by atoms with Crippen LogP contribution in [0.3, 0.4) is 0 Å². The normalized spacial score (nSPS) is 13.7. The van der Waals surface area contributed by atoms with Crippen LogP contribution in [0.1, 0.15) is 18.1 Å². The molecule has 1 atom stereocenters. The summed E-state index contributed by atoms with van der Waals surface area (Å²) in [6.07, 6.45) is 0. The van der Waals surface area contributed by atoms with Crippen molar-refractivity contribution in [3.05, 3.63) is 27.7 Å². The van der Waals surface area contributed by atoms with Crippen LogP contribution in [0.5, 0.6) is 0 Å². The minimum absolute atomic E-state index is 0.228. The Kier molecular flexibility index (Phi) is 4.71. The molecule has 0 unspecified atom stereocenters. The van der Waals surface area contributed by atoms with E-state index in [4.69, 9.17) is 5.11 Å². The summed E-state index contributed by atoms with van der Waals surface area (Å²) in [5, 5.41) is 8.88. The van der Waals surface area contributed by atoms with Crippen LogP contribution in [-0.4, -0.2) is 26.2 Å². The van der Waals surface area contributed by atoms with Crippen LogP contribution in [0.15, 0.2) is 21.5 Å². The lowest BCUT2D eigenvalue weighted by atomic mass is 10.2. The molecule has 1 aromatic carbocycles. The average Bonchev–Trinajstić information content (AvgIpc) is 2.22. The molecule has 0 saturated heterocycles. The number of halogens is 1. The zero-order valence-electron chi connectivity index (χ0n) is 9.99. The number of aryl methyl sites for hydroxylation is 2. The van der Waals surface area contributed by atoms with Gasteiger partial charge in [0.1, 0.15) is 0 Å². The van der Waals surface area contributed by atoms with E-state index in [0.717, 1.165) is 10.0 Å². The fraction of sp³-hybridized carbons (Fsp3) is 0.455. The fourth-order valence-corrected chi connectivity index (χ4v) is 3.41. The van der Waals surface area contributed by atoms with E-state index < -0.39 is 16.1 Å². The molecule has 0 aliphatic rings. The van der Waals surface area contributed by atoms with Gasteiger partial charge in [-0.1, -0.05) is 15.9 Å². The molecule has 96 valence electrons. The number of sulfonamides is 1. The van der Waals surface area contributed by atoms with Crippen LogP contribution in [0.4, 0.5) is 0 Å². The summed E-state index contributed by atoms with van der Waals surface area (Å²) in [6, 6.07) is 2.89. The quantitative estimate of drug-likeness (QED) is 0.887. The molecule has 17 heavy (non-hydrogen) atoms. The monoisotopic (exact) mass is 321 g/mol. The maximum absolute atomic E-state index is 12.0. The second kappa shape index (κ2) is 5.48. The number of rotatable bonds is 4. The lowest BCUT2D eigenvalue weighted by molar-refractivity contribution is 0.265. The fourth-order valence-electron chi connectivity index (χ4n) is 1.41. The first kappa shape index (κ1) is 14.6. The van der Waals surface area contributed by atoms with Gasteiger partial charge in [-0.05, 0) is 44.0 Å². The highest BCUT2D eigenvalue weighted by Gasteiger charge is 2.20. The van der Waals surface area contributed by atoms with Crippen molar-refractivity contribution in [1.82, 2.24) is 4.72 Å². The standard InChI is InChI=1S/C11H16BrNO3S/c1-7-5-11(8(2)4-10(7)12)17(15,16)13-9(3)6-14/h4-5,9,13-14H,6H2,1-3H3/t9-/m1/s1. The molecule has 0 bridgehead atoms. The first-order valence-corrected chi connectivity index (χ1v) is 7.45. The van der Waals surface area contributed by atoms with Gasteiger partial charge in [0.2, 0.25) is 10.0 Å². The molecule has 0 aromatic heterocycles. The van der Waals surface area contributed by atoms with Crippen LogP contribution in [-0.2, 0) is 10.0 Å². The Morgan fingerprint density at radius 3 is 2.47 bits per heavy atom. The van der Waals surface area contributed by atoms with Crippen molar-refractivity contribution < 1.29 is 13.5 Å². The SMILES string of the molecule is Cc1cc(S(=O)(=O)N[C@H](C)CO)c(C)cc1Br. The summed E-state index contributed by atoms with van der Waals surface area (Å²) in [5.41, 5.74) is 1.52. The largest absolute Gasteiger partial charge is 0.395 e. The van der Waals surface area contributed by atoms with Crippen molar-refractivity contribution in [2.75, 3.05) is 6.61 Å². The molecular weight excluding hydrogens is 306 g/mol. The van der Waals surface area contributed by atoms with Gasteiger partial charge in [-0.2, -0.15) is 0 Å². The van der Waals surface area contributed by atoms with Gasteiger partial charge < -0.3 is 5.11 Å². The Morgan fingerprint density at radius 2 is 1.94 bits per heavy atom. The highest BCUT2D eigenvalue weighted by molar-refractivity contribution is 9.10. The Hall–Kier alpha value is -0.430. The first-order valence-electron chi connectivity index (χ1n) is 5.18. The third-order valence-corrected chi connectivity index (χ3v) is 4.96. The molecule has 1 aromatic rings. The molecule has 0 saturated carbocycles. The van der Waals surface area contributed by atoms with Crippen molar-refractivity contribution in [1.29, 1.82) is 0 Å². The summed E-state index contributed by atoms with van der Waals surface area (Å²) < 4.78 is 27.4. The van der Waals surface area contributed by atoms with E-state index in [1.807, 2.05) is 6.92 Å². The predicted molar refractivity (Wildman–Crippen MR) is 70.5 cm³/mol. The molecule has 6 heteroatoms. The van der Waals surface area contributed by atoms with Gasteiger partial charge in [0.05, 0.1) is 11.5 Å². The molecule has 0 radical (unpaired) electrons. The topological polar surface area (TPSA) is 66.4 Å². The van der Waals surface area contributed by atoms with Gasteiger partial charge in [-0.25, -0.2) is 13.1 Å². The Bertz CT molecular complexity index is 514. The van der Waals surface area contributed by atoms with Gasteiger partial charge >= 0.3 is 0 Å². The molecule has 0 heterocycles. The van der Waals surface area contributed by atoms with Crippen LogP contribution in [0.25, 0.3) is 0 Å². The van der Waals surface area contributed by atoms with Crippen LogP contribution >= 0.6 is 15.9 Å². The summed E-state index contributed by atoms with van der Waals surface area (Å²) >= 11 is 3.36. The van der Waals surface area contributed by atoms with Crippen molar-refractivity contribution in [2.45, 2.75) is 31.7 Å². The maximum atomic E-state index is 12.0. The van der Waals surface area contributed by atoms with E-state index in [2.05, 4.69) is 20.7 Å². The van der Waals surface area contributed by atoms with E-state index >= 15 is 0 Å². The molecule has 1 rings (SSSR count). The van der Waals surface area contributed by atoms with E-state index in [0.29, 0.717) is 5.56 Å². The molecule has 0 aliphatic carbocycles. The Labute approximate surface area is 110 Å².